The summed E-state index contributed by atoms with van der Waals surface area (Å²) in [6.45, 7) is 3.20. The lowest BCUT2D eigenvalue weighted by atomic mass is 10.0. The molecule has 9 heteroatoms. The number of carbonyl (C=O) groups excluding carboxylic acids is 2. The topological polar surface area (TPSA) is 66.7 Å². The Morgan fingerprint density at radius 2 is 1.59 bits per heavy atom. The standard InChI is InChI=1S/C23H20Cl2FN3O3/c1-14-20(22(27-32-14)21-17(24)3-2-4-18(21)25)23(31)29-11-9-28(10-12-29)19(30)13-15-5-7-16(26)8-6-15/h2-8H,9-13H2,1H3. The highest BCUT2D eigenvalue weighted by molar-refractivity contribution is 6.39. The van der Waals surface area contributed by atoms with Gasteiger partial charge in [-0.1, -0.05) is 46.6 Å². The number of benzene rings is 2. The first kappa shape index (κ1) is 22.3. The number of nitrogens with zero attached hydrogens (tertiary/aromatic N) is 3. The van der Waals surface area contributed by atoms with Crippen LogP contribution in [0.4, 0.5) is 4.39 Å². The van der Waals surface area contributed by atoms with Gasteiger partial charge in [-0.3, -0.25) is 9.59 Å². The van der Waals surface area contributed by atoms with Gasteiger partial charge >= 0.3 is 0 Å². The van der Waals surface area contributed by atoms with E-state index in [1.807, 2.05) is 0 Å². The molecule has 0 bridgehead atoms. The number of halogens is 3. The van der Waals surface area contributed by atoms with Crippen LogP contribution in [-0.4, -0.2) is 52.9 Å². The molecular formula is C23H20Cl2FN3O3. The highest BCUT2D eigenvalue weighted by Gasteiger charge is 2.31. The van der Waals surface area contributed by atoms with Crippen molar-refractivity contribution in [1.29, 1.82) is 0 Å². The van der Waals surface area contributed by atoms with Crippen LogP contribution in [0.5, 0.6) is 0 Å². The largest absolute Gasteiger partial charge is 0.360 e. The summed E-state index contributed by atoms with van der Waals surface area (Å²) < 4.78 is 18.4. The average molecular weight is 476 g/mol. The molecule has 2 heterocycles. The zero-order chi connectivity index (χ0) is 22.8. The van der Waals surface area contributed by atoms with Crippen LogP contribution < -0.4 is 0 Å². The monoisotopic (exact) mass is 475 g/mol. The lowest BCUT2D eigenvalue weighted by Crippen LogP contribution is -2.51. The Morgan fingerprint density at radius 3 is 2.22 bits per heavy atom. The van der Waals surface area contributed by atoms with Crippen molar-refractivity contribution in [2.24, 2.45) is 0 Å². The molecule has 0 aliphatic carbocycles. The fourth-order valence-corrected chi connectivity index (χ4v) is 4.30. The molecule has 0 spiro atoms. The molecule has 32 heavy (non-hydrogen) atoms. The second kappa shape index (κ2) is 9.30. The van der Waals surface area contributed by atoms with Gasteiger partial charge in [0.05, 0.1) is 16.5 Å². The van der Waals surface area contributed by atoms with E-state index in [2.05, 4.69) is 5.16 Å². The normalized spacial score (nSPS) is 14.0. The van der Waals surface area contributed by atoms with E-state index in [9.17, 15) is 14.0 Å². The summed E-state index contributed by atoms with van der Waals surface area (Å²) in [6, 6.07) is 10.9. The number of carbonyl (C=O) groups is 2. The number of amides is 2. The van der Waals surface area contributed by atoms with Crippen LogP contribution in [0.25, 0.3) is 11.3 Å². The van der Waals surface area contributed by atoms with E-state index >= 15 is 0 Å². The molecule has 0 radical (unpaired) electrons. The van der Waals surface area contributed by atoms with E-state index in [1.54, 1.807) is 47.1 Å². The van der Waals surface area contributed by atoms with E-state index in [0.29, 0.717) is 58.8 Å². The number of aromatic nitrogens is 1. The summed E-state index contributed by atoms with van der Waals surface area (Å²) in [4.78, 5) is 29.3. The SMILES string of the molecule is Cc1onc(-c2c(Cl)cccc2Cl)c1C(=O)N1CCN(C(=O)Cc2ccc(F)cc2)CC1. The molecule has 0 unspecified atom stereocenters. The first-order valence-electron chi connectivity index (χ1n) is 10.1. The maximum absolute atomic E-state index is 13.3. The predicted octanol–water partition coefficient (Wildman–Crippen LogP) is 4.62. The van der Waals surface area contributed by atoms with Gasteiger partial charge in [0.15, 0.2) is 0 Å². The smallest absolute Gasteiger partial charge is 0.259 e. The molecule has 4 rings (SSSR count). The molecule has 166 valence electrons. The Balaban J connectivity index is 1.46. The minimum atomic E-state index is -0.338. The second-order valence-corrected chi connectivity index (χ2v) is 8.35. The number of hydrogen-bond donors (Lipinski definition) is 0. The van der Waals surface area contributed by atoms with Crippen molar-refractivity contribution in [1.82, 2.24) is 15.0 Å². The van der Waals surface area contributed by atoms with Crippen LogP contribution in [0.1, 0.15) is 21.7 Å². The average Bonchev–Trinajstić information content (AvgIpc) is 3.15. The molecule has 2 aromatic carbocycles. The van der Waals surface area contributed by atoms with E-state index in [0.717, 1.165) is 5.56 Å². The molecule has 0 N–H and O–H groups in total. The van der Waals surface area contributed by atoms with Crippen molar-refractivity contribution in [3.63, 3.8) is 0 Å². The van der Waals surface area contributed by atoms with Crippen LogP contribution in [0, 0.1) is 12.7 Å². The van der Waals surface area contributed by atoms with Gasteiger partial charge in [0, 0.05) is 31.7 Å². The molecule has 3 aromatic rings. The molecule has 0 atom stereocenters. The Morgan fingerprint density at radius 1 is 1.00 bits per heavy atom. The summed E-state index contributed by atoms with van der Waals surface area (Å²) >= 11 is 12.6. The van der Waals surface area contributed by atoms with Gasteiger partial charge in [-0.2, -0.15) is 0 Å². The summed E-state index contributed by atoms with van der Waals surface area (Å²) in [5, 5.41) is 4.78. The van der Waals surface area contributed by atoms with Gasteiger partial charge in [0.25, 0.3) is 5.91 Å². The van der Waals surface area contributed by atoms with Gasteiger partial charge in [0.2, 0.25) is 5.91 Å². The van der Waals surface area contributed by atoms with Crippen molar-refractivity contribution >= 4 is 35.0 Å². The number of piperazine rings is 1. The number of aryl methyl sites for hydroxylation is 1. The zero-order valence-electron chi connectivity index (χ0n) is 17.3. The molecule has 1 aliphatic rings. The molecule has 1 fully saturated rings. The predicted molar refractivity (Wildman–Crippen MR) is 119 cm³/mol. The zero-order valence-corrected chi connectivity index (χ0v) is 18.8. The Bertz CT molecular complexity index is 1140. The van der Waals surface area contributed by atoms with Gasteiger partial charge in [-0.15, -0.1) is 0 Å². The minimum Gasteiger partial charge on any atom is -0.360 e. The maximum atomic E-state index is 13.3. The summed E-state index contributed by atoms with van der Waals surface area (Å²) in [5.74, 6) is -0.278. The summed E-state index contributed by atoms with van der Waals surface area (Å²) in [6.07, 6.45) is 0.189. The van der Waals surface area contributed by atoms with Crippen LogP contribution in [0.2, 0.25) is 10.0 Å². The summed E-state index contributed by atoms with van der Waals surface area (Å²) in [7, 11) is 0. The molecule has 1 aliphatic heterocycles. The van der Waals surface area contributed by atoms with Crippen molar-refractivity contribution < 1.29 is 18.5 Å². The number of hydrogen-bond acceptors (Lipinski definition) is 4. The third-order valence-electron chi connectivity index (χ3n) is 5.46. The van der Waals surface area contributed by atoms with E-state index in [1.165, 1.54) is 12.1 Å². The fourth-order valence-electron chi connectivity index (χ4n) is 3.72. The minimum absolute atomic E-state index is 0.0617. The Labute approximate surface area is 194 Å². The van der Waals surface area contributed by atoms with Crippen LogP contribution >= 0.6 is 23.2 Å². The fraction of sp³-hybridized carbons (Fsp3) is 0.261. The van der Waals surface area contributed by atoms with Crippen molar-refractivity contribution in [2.75, 3.05) is 26.2 Å². The third-order valence-corrected chi connectivity index (χ3v) is 6.09. The Kier molecular flexibility index (Phi) is 6.48. The van der Waals surface area contributed by atoms with E-state index < -0.39 is 0 Å². The van der Waals surface area contributed by atoms with E-state index in [4.69, 9.17) is 27.7 Å². The van der Waals surface area contributed by atoms with Crippen LogP contribution in [-0.2, 0) is 11.2 Å². The van der Waals surface area contributed by atoms with Crippen molar-refractivity contribution in [3.05, 3.63) is 75.2 Å². The second-order valence-electron chi connectivity index (χ2n) is 7.54. The van der Waals surface area contributed by atoms with Crippen LogP contribution in [0.15, 0.2) is 47.0 Å². The summed E-state index contributed by atoms with van der Waals surface area (Å²) in [5.41, 5.74) is 1.81. The molecular weight excluding hydrogens is 456 g/mol. The van der Waals surface area contributed by atoms with Gasteiger partial charge in [0.1, 0.15) is 22.8 Å². The highest BCUT2D eigenvalue weighted by atomic mass is 35.5. The molecule has 6 nitrogen and oxygen atoms in total. The number of rotatable bonds is 4. The first-order chi connectivity index (χ1) is 15.3. The van der Waals surface area contributed by atoms with E-state index in [-0.39, 0.29) is 24.1 Å². The van der Waals surface area contributed by atoms with Gasteiger partial charge < -0.3 is 14.3 Å². The molecule has 1 aromatic heterocycles. The quantitative estimate of drug-likeness (QED) is 0.551. The first-order valence-corrected chi connectivity index (χ1v) is 10.8. The Hall–Kier alpha value is -2.90. The van der Waals surface area contributed by atoms with Crippen molar-refractivity contribution in [2.45, 2.75) is 13.3 Å². The van der Waals surface area contributed by atoms with Crippen LogP contribution in [0.3, 0.4) is 0 Å². The van der Waals surface area contributed by atoms with Gasteiger partial charge in [-0.05, 0) is 36.8 Å². The highest BCUT2D eigenvalue weighted by Crippen LogP contribution is 2.37. The van der Waals surface area contributed by atoms with Gasteiger partial charge in [-0.25, -0.2) is 4.39 Å². The molecule has 2 amide bonds. The van der Waals surface area contributed by atoms with Crippen molar-refractivity contribution in [3.8, 4) is 11.3 Å². The lowest BCUT2D eigenvalue weighted by molar-refractivity contribution is -0.131. The molecule has 1 saturated heterocycles. The third kappa shape index (κ3) is 4.49. The maximum Gasteiger partial charge on any atom is 0.259 e. The molecule has 0 saturated carbocycles. The lowest BCUT2D eigenvalue weighted by Gasteiger charge is -2.35.